The first-order chi connectivity index (χ1) is 10.7. The zero-order chi connectivity index (χ0) is 17.5. The molecule has 1 N–H and O–H groups in total. The van der Waals surface area contributed by atoms with E-state index in [0.29, 0.717) is 6.54 Å². The summed E-state index contributed by atoms with van der Waals surface area (Å²) in [7, 11) is 0. The molecule has 8 nitrogen and oxygen atoms in total. The maximum atomic E-state index is 10.5. The Hall–Kier alpha value is -2.63. The summed E-state index contributed by atoms with van der Waals surface area (Å²) in [5, 5.41) is 27.2. The molecule has 0 fully saturated rings. The number of aromatic nitrogens is 4. The summed E-state index contributed by atoms with van der Waals surface area (Å²) in [6.45, 7) is 0.366. The summed E-state index contributed by atoms with van der Waals surface area (Å²) in [6.07, 6.45) is -1.74. The van der Waals surface area contributed by atoms with E-state index in [9.17, 15) is 18.0 Å². The number of carboxylic acids is 2. The van der Waals surface area contributed by atoms with Crippen LogP contribution in [-0.4, -0.2) is 37.9 Å². The SMILES string of the molecule is O=C(O)CC[n+]1ccc(-c2csnn2)cn1.O=C([O-])C(F)(F)F. The molecule has 0 aliphatic carbocycles. The standard InChI is InChI=1S/C9H8N4O2S.C2HF3O2/c14-9(15)2-4-13-3-1-7(5-10-13)8-6-16-12-11-8;3-2(4,5)1(6)7/h1,3,5-6H,2,4H2;(H,6,7). The first-order valence-electron chi connectivity index (χ1n) is 5.83. The van der Waals surface area contributed by atoms with Crippen LogP contribution in [0.3, 0.4) is 0 Å². The molecule has 12 heteroatoms. The van der Waals surface area contributed by atoms with Gasteiger partial charge in [0.15, 0.2) is 12.7 Å². The Morgan fingerprint density at radius 1 is 1.39 bits per heavy atom. The van der Waals surface area contributed by atoms with Crippen molar-refractivity contribution >= 4 is 23.5 Å². The van der Waals surface area contributed by atoms with Crippen LogP contribution in [0.25, 0.3) is 11.3 Å². The second kappa shape index (κ2) is 8.12. The number of halogens is 3. The normalized spacial score (nSPS) is 10.6. The van der Waals surface area contributed by atoms with Crippen molar-refractivity contribution < 1.29 is 37.7 Å². The Balaban J connectivity index is 0.000000322. The average molecular weight is 350 g/mol. The number of carboxylic acid groups (broad SMARTS) is 2. The van der Waals surface area contributed by atoms with E-state index in [2.05, 4.69) is 14.7 Å². The van der Waals surface area contributed by atoms with Crippen LogP contribution in [0.1, 0.15) is 6.42 Å². The van der Waals surface area contributed by atoms with Crippen LogP contribution >= 0.6 is 11.5 Å². The number of alkyl halides is 3. The summed E-state index contributed by atoms with van der Waals surface area (Å²) in [6, 6.07) is 1.84. The van der Waals surface area contributed by atoms with Crippen molar-refractivity contribution in [1.82, 2.24) is 14.7 Å². The van der Waals surface area contributed by atoms with Crippen molar-refractivity contribution in [2.24, 2.45) is 0 Å². The molecule has 2 rings (SSSR count). The van der Waals surface area contributed by atoms with Gasteiger partial charge < -0.3 is 15.0 Å². The number of nitrogens with zero attached hydrogens (tertiary/aromatic N) is 4. The smallest absolute Gasteiger partial charge is 0.430 e. The molecule has 2 heterocycles. The number of hydrogen-bond acceptors (Lipinski definition) is 7. The Kier molecular flexibility index (Phi) is 6.50. The van der Waals surface area contributed by atoms with Gasteiger partial charge in [0.25, 0.3) is 0 Å². The third-order valence-electron chi connectivity index (χ3n) is 2.21. The highest BCUT2D eigenvalue weighted by atomic mass is 32.1. The Bertz CT molecular complexity index is 646. The largest absolute Gasteiger partial charge is 0.542 e. The number of hydrogen-bond donors (Lipinski definition) is 1. The molecule has 0 atom stereocenters. The third kappa shape index (κ3) is 6.78. The van der Waals surface area contributed by atoms with E-state index in [1.807, 2.05) is 11.4 Å². The molecule has 0 saturated heterocycles. The zero-order valence-corrected chi connectivity index (χ0v) is 12.0. The minimum absolute atomic E-state index is 0.0648. The molecule has 0 spiro atoms. The molecule has 2 aromatic rings. The lowest BCUT2D eigenvalue weighted by atomic mass is 10.2. The van der Waals surface area contributed by atoms with Gasteiger partial charge in [-0.3, -0.25) is 4.79 Å². The van der Waals surface area contributed by atoms with Crippen LogP contribution in [0, 0.1) is 0 Å². The number of carbonyl (C=O) groups is 2. The summed E-state index contributed by atoms with van der Waals surface area (Å²) >= 11 is 1.28. The van der Waals surface area contributed by atoms with Gasteiger partial charge in [-0.15, -0.1) is 5.10 Å². The van der Waals surface area contributed by atoms with E-state index in [1.165, 1.54) is 11.5 Å². The monoisotopic (exact) mass is 350 g/mol. The van der Waals surface area contributed by atoms with Crippen molar-refractivity contribution in [2.75, 3.05) is 0 Å². The summed E-state index contributed by atoms with van der Waals surface area (Å²) in [5.41, 5.74) is 1.66. The molecule has 124 valence electrons. The van der Waals surface area contributed by atoms with Gasteiger partial charge in [-0.05, 0) is 16.6 Å². The van der Waals surface area contributed by atoms with Gasteiger partial charge in [-0.2, -0.15) is 13.2 Å². The summed E-state index contributed by atoms with van der Waals surface area (Å²) < 4.78 is 36.9. The fraction of sp³-hybridized carbons (Fsp3) is 0.273. The first kappa shape index (κ1) is 18.4. The Morgan fingerprint density at radius 2 is 2.04 bits per heavy atom. The average Bonchev–Trinajstić information content (AvgIpc) is 2.99. The number of aryl methyl sites for hydroxylation is 1. The highest BCUT2D eigenvalue weighted by Crippen LogP contribution is 2.14. The van der Waals surface area contributed by atoms with Crippen LogP contribution in [0.2, 0.25) is 0 Å². The second-order valence-corrected chi connectivity index (χ2v) is 4.51. The van der Waals surface area contributed by atoms with Gasteiger partial charge in [-0.25, -0.2) is 0 Å². The van der Waals surface area contributed by atoms with Gasteiger partial charge in [0.1, 0.15) is 24.3 Å². The van der Waals surface area contributed by atoms with E-state index in [-0.39, 0.29) is 6.42 Å². The summed E-state index contributed by atoms with van der Waals surface area (Å²) in [4.78, 5) is 19.2. The predicted molar refractivity (Wildman–Crippen MR) is 66.6 cm³/mol. The van der Waals surface area contributed by atoms with Gasteiger partial charge >= 0.3 is 12.1 Å². The molecule has 0 radical (unpaired) electrons. The third-order valence-corrected chi connectivity index (χ3v) is 2.72. The molecule has 0 unspecified atom stereocenters. The van der Waals surface area contributed by atoms with Crippen molar-refractivity contribution in [3.63, 3.8) is 0 Å². The second-order valence-electron chi connectivity index (χ2n) is 3.90. The van der Waals surface area contributed by atoms with Gasteiger partial charge in [-0.1, -0.05) is 9.17 Å². The molecule has 23 heavy (non-hydrogen) atoms. The van der Waals surface area contributed by atoms with E-state index in [4.69, 9.17) is 15.0 Å². The molecule has 0 bridgehead atoms. The lowest BCUT2D eigenvalue weighted by molar-refractivity contribution is -0.752. The van der Waals surface area contributed by atoms with Crippen molar-refractivity contribution in [2.45, 2.75) is 19.1 Å². The zero-order valence-electron chi connectivity index (χ0n) is 11.2. The maximum Gasteiger partial charge on any atom is 0.430 e. The highest BCUT2D eigenvalue weighted by molar-refractivity contribution is 7.03. The van der Waals surface area contributed by atoms with Crippen molar-refractivity contribution in [1.29, 1.82) is 0 Å². The van der Waals surface area contributed by atoms with E-state index in [1.54, 1.807) is 17.1 Å². The van der Waals surface area contributed by atoms with Gasteiger partial charge in [0.2, 0.25) is 0 Å². The predicted octanol–water partition coefficient (Wildman–Crippen LogP) is -0.339. The maximum absolute atomic E-state index is 10.5. The molecule has 2 aromatic heterocycles. The van der Waals surface area contributed by atoms with Gasteiger partial charge in [0, 0.05) is 17.0 Å². The molecular weight excluding hydrogens is 341 g/mol. The van der Waals surface area contributed by atoms with E-state index < -0.39 is 18.1 Å². The molecule has 0 amide bonds. The highest BCUT2D eigenvalue weighted by Gasteiger charge is 2.28. The number of rotatable bonds is 4. The van der Waals surface area contributed by atoms with Crippen LogP contribution in [0.15, 0.2) is 23.8 Å². The van der Waals surface area contributed by atoms with Crippen LogP contribution in [0.5, 0.6) is 0 Å². The quantitative estimate of drug-likeness (QED) is 0.749. The lowest BCUT2D eigenvalue weighted by Crippen LogP contribution is -2.38. The fourth-order valence-corrected chi connectivity index (χ4v) is 1.63. The van der Waals surface area contributed by atoms with Crippen LogP contribution in [0.4, 0.5) is 13.2 Å². The van der Waals surface area contributed by atoms with Crippen molar-refractivity contribution in [3.8, 4) is 11.3 Å². The molecule has 0 aromatic carbocycles. The fourth-order valence-electron chi connectivity index (χ4n) is 1.17. The topological polar surface area (TPSA) is 120 Å². The number of aliphatic carboxylic acids is 2. The molecular formula is C11H9F3N4O4S. The Morgan fingerprint density at radius 3 is 2.43 bits per heavy atom. The minimum atomic E-state index is -5.19. The minimum Gasteiger partial charge on any atom is -0.542 e. The number of carbonyl (C=O) groups excluding carboxylic acids is 1. The Labute approximate surface area is 131 Å². The molecule has 0 aliphatic rings. The molecule has 0 aliphatic heterocycles. The lowest BCUT2D eigenvalue weighted by Gasteiger charge is -2.03. The first-order valence-corrected chi connectivity index (χ1v) is 6.67. The molecule has 0 saturated carbocycles. The van der Waals surface area contributed by atoms with E-state index >= 15 is 0 Å². The van der Waals surface area contributed by atoms with Crippen LogP contribution in [-0.2, 0) is 16.1 Å². The van der Waals surface area contributed by atoms with Crippen molar-refractivity contribution in [3.05, 3.63) is 23.8 Å². The summed E-state index contributed by atoms with van der Waals surface area (Å²) in [5.74, 6) is -3.84. The van der Waals surface area contributed by atoms with Gasteiger partial charge in [0.05, 0.1) is 0 Å². The van der Waals surface area contributed by atoms with E-state index in [0.717, 1.165) is 11.3 Å². The van der Waals surface area contributed by atoms with Crippen LogP contribution < -0.4 is 9.79 Å².